The molecule has 1 heterocycles. The molecule has 110 valence electrons. The van der Waals surface area contributed by atoms with Crippen LogP contribution >= 0.6 is 0 Å². The van der Waals surface area contributed by atoms with Gasteiger partial charge in [-0.25, -0.2) is 4.79 Å². The molecular weight excluding hydrogens is 256 g/mol. The number of cyclic esters (lactones) is 1. The standard InChI is InChI=1S/C15H22N2O3/c1-2-3-6-9-16-13-7-4-5-8-14(13)17-10-12(11-18)20-15(17)19/h4-5,7-8,12,16,18H,2-3,6,9-11H2,1H3. The molecule has 5 nitrogen and oxygen atoms in total. The van der Waals surface area contributed by atoms with Crippen LogP contribution < -0.4 is 10.2 Å². The summed E-state index contributed by atoms with van der Waals surface area (Å²) < 4.78 is 5.08. The molecule has 2 rings (SSSR count). The fraction of sp³-hybridized carbons (Fsp3) is 0.533. The highest BCUT2D eigenvalue weighted by Crippen LogP contribution is 2.29. The number of unbranched alkanes of at least 4 members (excludes halogenated alkanes) is 2. The number of para-hydroxylation sites is 2. The van der Waals surface area contributed by atoms with Crippen molar-refractivity contribution in [2.45, 2.75) is 32.3 Å². The molecule has 5 heteroatoms. The van der Waals surface area contributed by atoms with E-state index in [0.717, 1.165) is 24.3 Å². The molecule has 0 aromatic heterocycles. The van der Waals surface area contributed by atoms with Gasteiger partial charge in [0.1, 0.15) is 6.10 Å². The third kappa shape index (κ3) is 3.42. The molecule has 0 bridgehead atoms. The highest BCUT2D eigenvalue weighted by Gasteiger charge is 2.32. The predicted octanol–water partition coefficient (Wildman–Crippen LogP) is 2.61. The molecule has 0 spiro atoms. The molecule has 20 heavy (non-hydrogen) atoms. The van der Waals surface area contributed by atoms with Crippen LogP contribution in [0.5, 0.6) is 0 Å². The zero-order valence-corrected chi connectivity index (χ0v) is 11.8. The van der Waals surface area contributed by atoms with Gasteiger partial charge in [-0.15, -0.1) is 0 Å². The molecule has 0 saturated carbocycles. The number of aliphatic hydroxyl groups is 1. The van der Waals surface area contributed by atoms with Crippen LogP contribution in [0.15, 0.2) is 24.3 Å². The Labute approximate surface area is 119 Å². The molecule has 2 N–H and O–H groups in total. The van der Waals surface area contributed by atoms with Crippen molar-refractivity contribution in [2.24, 2.45) is 0 Å². The maximum absolute atomic E-state index is 11.8. The molecule has 1 aromatic carbocycles. The third-order valence-corrected chi connectivity index (χ3v) is 3.37. The Kier molecular flexibility index (Phi) is 5.24. The van der Waals surface area contributed by atoms with Gasteiger partial charge in [0, 0.05) is 6.54 Å². The summed E-state index contributed by atoms with van der Waals surface area (Å²) in [4.78, 5) is 13.4. The van der Waals surface area contributed by atoms with Crippen LogP contribution in [0.1, 0.15) is 26.2 Å². The second-order valence-electron chi connectivity index (χ2n) is 4.95. The summed E-state index contributed by atoms with van der Waals surface area (Å²) in [5.74, 6) is 0. The molecular formula is C15H22N2O3. The number of hydrogen-bond donors (Lipinski definition) is 2. The van der Waals surface area contributed by atoms with E-state index in [0.29, 0.717) is 6.54 Å². The van der Waals surface area contributed by atoms with E-state index >= 15 is 0 Å². The predicted molar refractivity (Wildman–Crippen MR) is 79.2 cm³/mol. The number of ether oxygens (including phenoxy) is 1. The Balaban J connectivity index is 2.05. The Morgan fingerprint density at radius 3 is 2.90 bits per heavy atom. The van der Waals surface area contributed by atoms with Gasteiger partial charge in [-0.2, -0.15) is 0 Å². The number of carbonyl (C=O) groups excluding carboxylic acids is 1. The maximum atomic E-state index is 11.8. The number of amides is 1. The topological polar surface area (TPSA) is 61.8 Å². The van der Waals surface area contributed by atoms with E-state index in [9.17, 15) is 4.79 Å². The monoisotopic (exact) mass is 278 g/mol. The van der Waals surface area contributed by atoms with Crippen LogP contribution in [0.2, 0.25) is 0 Å². The third-order valence-electron chi connectivity index (χ3n) is 3.37. The van der Waals surface area contributed by atoms with E-state index in [4.69, 9.17) is 9.84 Å². The Morgan fingerprint density at radius 1 is 1.40 bits per heavy atom. The first-order valence-corrected chi connectivity index (χ1v) is 7.18. The summed E-state index contributed by atoms with van der Waals surface area (Å²) in [5, 5.41) is 12.5. The van der Waals surface area contributed by atoms with E-state index in [-0.39, 0.29) is 6.61 Å². The number of benzene rings is 1. The largest absolute Gasteiger partial charge is 0.441 e. The summed E-state index contributed by atoms with van der Waals surface area (Å²) in [7, 11) is 0. The molecule has 1 saturated heterocycles. The first kappa shape index (κ1) is 14.7. The lowest BCUT2D eigenvalue weighted by Crippen LogP contribution is -2.26. The van der Waals surface area contributed by atoms with E-state index in [1.807, 2.05) is 24.3 Å². The van der Waals surface area contributed by atoms with Crippen molar-refractivity contribution in [3.63, 3.8) is 0 Å². The molecule has 1 amide bonds. The maximum Gasteiger partial charge on any atom is 0.414 e. The van der Waals surface area contributed by atoms with E-state index in [2.05, 4.69) is 12.2 Å². The average molecular weight is 278 g/mol. The van der Waals surface area contributed by atoms with Gasteiger partial charge in [-0.1, -0.05) is 31.9 Å². The lowest BCUT2D eigenvalue weighted by atomic mass is 10.2. The summed E-state index contributed by atoms with van der Waals surface area (Å²) in [5.41, 5.74) is 1.74. The summed E-state index contributed by atoms with van der Waals surface area (Å²) in [6, 6.07) is 7.69. The van der Waals surface area contributed by atoms with Crippen LogP contribution in [0.25, 0.3) is 0 Å². The van der Waals surface area contributed by atoms with E-state index in [1.54, 1.807) is 4.90 Å². The molecule has 0 aliphatic carbocycles. The van der Waals surface area contributed by atoms with Crippen molar-refractivity contribution in [3.8, 4) is 0 Å². The number of nitrogens with one attached hydrogen (secondary N) is 1. The highest BCUT2D eigenvalue weighted by molar-refractivity contribution is 5.93. The number of hydrogen-bond acceptors (Lipinski definition) is 4. The van der Waals surface area contributed by atoms with Crippen LogP contribution in [-0.2, 0) is 4.74 Å². The Morgan fingerprint density at radius 2 is 2.20 bits per heavy atom. The SMILES string of the molecule is CCCCCNc1ccccc1N1CC(CO)OC1=O. The smallest absolute Gasteiger partial charge is 0.414 e. The fourth-order valence-corrected chi connectivity index (χ4v) is 2.27. The first-order valence-electron chi connectivity index (χ1n) is 7.18. The number of anilines is 2. The van der Waals surface area contributed by atoms with Gasteiger partial charge in [-0.3, -0.25) is 4.90 Å². The van der Waals surface area contributed by atoms with Gasteiger partial charge in [0.05, 0.1) is 24.5 Å². The molecule has 1 aromatic rings. The van der Waals surface area contributed by atoms with E-state index in [1.165, 1.54) is 12.8 Å². The van der Waals surface area contributed by atoms with Crippen molar-refractivity contribution in [3.05, 3.63) is 24.3 Å². The van der Waals surface area contributed by atoms with Gasteiger partial charge < -0.3 is 15.2 Å². The minimum absolute atomic E-state index is 0.145. The molecule has 1 unspecified atom stereocenters. The lowest BCUT2D eigenvalue weighted by molar-refractivity contribution is 0.0963. The lowest BCUT2D eigenvalue weighted by Gasteiger charge is -2.18. The van der Waals surface area contributed by atoms with Crippen LogP contribution in [0, 0.1) is 0 Å². The highest BCUT2D eigenvalue weighted by atomic mass is 16.6. The number of carbonyl (C=O) groups is 1. The zero-order valence-electron chi connectivity index (χ0n) is 11.8. The van der Waals surface area contributed by atoms with Crippen LogP contribution in [0.3, 0.4) is 0 Å². The zero-order chi connectivity index (χ0) is 14.4. The second-order valence-corrected chi connectivity index (χ2v) is 4.95. The van der Waals surface area contributed by atoms with Crippen molar-refractivity contribution >= 4 is 17.5 Å². The second kappa shape index (κ2) is 7.14. The molecule has 1 fully saturated rings. The van der Waals surface area contributed by atoms with Gasteiger partial charge in [0.2, 0.25) is 0 Å². The van der Waals surface area contributed by atoms with Gasteiger partial charge in [0.15, 0.2) is 0 Å². The number of aliphatic hydroxyl groups excluding tert-OH is 1. The number of nitrogens with zero attached hydrogens (tertiary/aromatic N) is 1. The van der Waals surface area contributed by atoms with Crippen LogP contribution in [0.4, 0.5) is 16.2 Å². The molecule has 0 radical (unpaired) electrons. The normalized spacial score (nSPS) is 18.2. The minimum atomic E-state index is -0.435. The Hall–Kier alpha value is -1.75. The van der Waals surface area contributed by atoms with Crippen molar-refractivity contribution in [2.75, 3.05) is 29.9 Å². The minimum Gasteiger partial charge on any atom is -0.441 e. The number of rotatable bonds is 7. The molecule has 1 atom stereocenters. The van der Waals surface area contributed by atoms with Gasteiger partial charge in [0.25, 0.3) is 0 Å². The van der Waals surface area contributed by atoms with Crippen molar-refractivity contribution in [1.82, 2.24) is 0 Å². The summed E-state index contributed by atoms with van der Waals surface area (Å²) >= 11 is 0. The molecule has 1 aliphatic rings. The first-order chi connectivity index (χ1) is 9.76. The van der Waals surface area contributed by atoms with Crippen molar-refractivity contribution < 1.29 is 14.6 Å². The van der Waals surface area contributed by atoms with Crippen LogP contribution in [-0.4, -0.2) is 37.0 Å². The summed E-state index contributed by atoms with van der Waals surface area (Å²) in [6.45, 7) is 3.30. The Bertz CT molecular complexity index is 450. The van der Waals surface area contributed by atoms with Gasteiger partial charge >= 0.3 is 6.09 Å². The van der Waals surface area contributed by atoms with Crippen molar-refractivity contribution in [1.29, 1.82) is 0 Å². The quantitative estimate of drug-likeness (QED) is 0.753. The molecule has 1 aliphatic heterocycles. The summed E-state index contributed by atoms with van der Waals surface area (Å²) in [6.07, 6.45) is 2.64. The fourth-order valence-electron chi connectivity index (χ4n) is 2.27. The van der Waals surface area contributed by atoms with Gasteiger partial charge in [-0.05, 0) is 18.6 Å². The van der Waals surface area contributed by atoms with E-state index < -0.39 is 12.2 Å². The average Bonchev–Trinajstić information content (AvgIpc) is 2.85.